The normalized spacial score (nSPS) is 10.7. The number of aromatic carboxylic acids is 1. The number of hydrogen-bond donors (Lipinski definition) is 1. The molecular formula is C12H7N3O3. The van der Waals surface area contributed by atoms with Crippen molar-refractivity contribution in [3.8, 4) is 11.5 Å². The monoisotopic (exact) mass is 241 g/mol. The zero-order chi connectivity index (χ0) is 12.5. The molecule has 0 aliphatic heterocycles. The fourth-order valence-corrected chi connectivity index (χ4v) is 1.71. The van der Waals surface area contributed by atoms with Gasteiger partial charge in [0.1, 0.15) is 0 Å². The predicted molar refractivity (Wildman–Crippen MR) is 62.0 cm³/mol. The summed E-state index contributed by atoms with van der Waals surface area (Å²) in [7, 11) is 0. The quantitative estimate of drug-likeness (QED) is 0.737. The smallest absolute Gasteiger partial charge is 0.377 e. The van der Waals surface area contributed by atoms with E-state index in [1.54, 1.807) is 24.4 Å². The Morgan fingerprint density at radius 1 is 1.22 bits per heavy atom. The van der Waals surface area contributed by atoms with Crippen LogP contribution >= 0.6 is 0 Å². The molecule has 0 amide bonds. The van der Waals surface area contributed by atoms with Crippen LogP contribution < -0.4 is 0 Å². The van der Waals surface area contributed by atoms with Gasteiger partial charge in [0.05, 0.1) is 5.52 Å². The van der Waals surface area contributed by atoms with E-state index in [-0.39, 0.29) is 11.7 Å². The highest BCUT2D eigenvalue weighted by Crippen LogP contribution is 2.25. The minimum absolute atomic E-state index is 0.172. The largest absolute Gasteiger partial charge is 0.475 e. The Balaban J connectivity index is 2.21. The van der Waals surface area contributed by atoms with Gasteiger partial charge in [0.25, 0.3) is 11.7 Å². The molecule has 3 rings (SSSR count). The summed E-state index contributed by atoms with van der Waals surface area (Å²) in [4.78, 5) is 18.7. The summed E-state index contributed by atoms with van der Waals surface area (Å²) in [6.07, 6.45) is 1.68. The lowest BCUT2D eigenvalue weighted by Gasteiger charge is -2.00. The topological polar surface area (TPSA) is 89.1 Å². The van der Waals surface area contributed by atoms with Gasteiger partial charge in [-0.25, -0.2) is 4.79 Å². The van der Waals surface area contributed by atoms with E-state index in [9.17, 15) is 4.79 Å². The first-order valence-electron chi connectivity index (χ1n) is 5.17. The van der Waals surface area contributed by atoms with Gasteiger partial charge in [0, 0.05) is 17.1 Å². The van der Waals surface area contributed by atoms with Crippen LogP contribution in [-0.4, -0.2) is 26.2 Å². The lowest BCUT2D eigenvalue weighted by molar-refractivity contribution is 0.0680. The second kappa shape index (κ2) is 3.92. The molecule has 2 aromatic heterocycles. The van der Waals surface area contributed by atoms with Gasteiger partial charge in [-0.3, -0.25) is 4.98 Å². The second-order valence-electron chi connectivity index (χ2n) is 3.60. The van der Waals surface area contributed by atoms with Gasteiger partial charge < -0.3 is 9.63 Å². The molecule has 0 saturated carbocycles. The van der Waals surface area contributed by atoms with Gasteiger partial charge in [-0.05, 0) is 23.4 Å². The molecule has 0 atom stereocenters. The molecular weight excluding hydrogens is 234 g/mol. The number of hydrogen-bond acceptors (Lipinski definition) is 5. The van der Waals surface area contributed by atoms with Crippen molar-refractivity contribution in [1.82, 2.24) is 15.1 Å². The van der Waals surface area contributed by atoms with Crippen molar-refractivity contribution >= 4 is 16.9 Å². The number of carboxylic acid groups (broad SMARTS) is 1. The number of benzene rings is 1. The maximum absolute atomic E-state index is 10.7. The second-order valence-corrected chi connectivity index (χ2v) is 3.60. The average Bonchev–Trinajstić information content (AvgIpc) is 2.87. The van der Waals surface area contributed by atoms with Crippen LogP contribution in [0.5, 0.6) is 0 Å². The van der Waals surface area contributed by atoms with Crippen LogP contribution in [0.15, 0.2) is 41.1 Å². The van der Waals surface area contributed by atoms with E-state index >= 15 is 0 Å². The molecule has 0 aliphatic rings. The Hall–Kier alpha value is -2.76. The van der Waals surface area contributed by atoms with E-state index in [0.29, 0.717) is 5.56 Å². The highest BCUT2D eigenvalue weighted by atomic mass is 16.5. The summed E-state index contributed by atoms with van der Waals surface area (Å²) in [6.45, 7) is 0. The van der Waals surface area contributed by atoms with Crippen LogP contribution in [0, 0.1) is 0 Å². The molecule has 18 heavy (non-hydrogen) atoms. The fourth-order valence-electron chi connectivity index (χ4n) is 1.71. The Morgan fingerprint density at radius 3 is 2.89 bits per heavy atom. The highest BCUT2D eigenvalue weighted by Gasteiger charge is 2.15. The molecule has 0 aliphatic carbocycles. The lowest BCUT2D eigenvalue weighted by atomic mass is 10.1. The van der Waals surface area contributed by atoms with Crippen molar-refractivity contribution < 1.29 is 14.4 Å². The van der Waals surface area contributed by atoms with Crippen molar-refractivity contribution in [1.29, 1.82) is 0 Å². The van der Waals surface area contributed by atoms with Crippen molar-refractivity contribution in [2.45, 2.75) is 0 Å². The van der Waals surface area contributed by atoms with E-state index in [4.69, 9.17) is 9.63 Å². The molecule has 0 saturated heterocycles. The summed E-state index contributed by atoms with van der Waals surface area (Å²) in [6, 6.07) is 9.09. The molecule has 3 aromatic rings. The third-order valence-corrected chi connectivity index (χ3v) is 2.49. The van der Waals surface area contributed by atoms with E-state index in [1.165, 1.54) is 0 Å². The summed E-state index contributed by atoms with van der Waals surface area (Å²) in [5.74, 6) is -1.40. The number of nitrogens with zero attached hydrogens (tertiary/aromatic N) is 3. The van der Waals surface area contributed by atoms with Gasteiger partial charge in [0.2, 0.25) is 0 Å². The third-order valence-electron chi connectivity index (χ3n) is 2.49. The van der Waals surface area contributed by atoms with Crippen molar-refractivity contribution in [3.63, 3.8) is 0 Å². The highest BCUT2D eigenvalue weighted by molar-refractivity contribution is 5.92. The van der Waals surface area contributed by atoms with Gasteiger partial charge in [-0.2, -0.15) is 4.98 Å². The Bertz CT molecular complexity index is 731. The predicted octanol–water partition coefficient (Wildman–Crippen LogP) is 1.98. The van der Waals surface area contributed by atoms with Gasteiger partial charge in [0.15, 0.2) is 0 Å². The Labute approximate surface area is 101 Å². The summed E-state index contributed by atoms with van der Waals surface area (Å²) in [5, 5.41) is 13.0. The van der Waals surface area contributed by atoms with Crippen LogP contribution in [0.25, 0.3) is 22.4 Å². The van der Waals surface area contributed by atoms with E-state index < -0.39 is 5.97 Å². The maximum atomic E-state index is 10.7. The molecule has 2 heterocycles. The van der Waals surface area contributed by atoms with E-state index in [1.807, 2.05) is 12.1 Å². The number of rotatable bonds is 2. The first-order valence-corrected chi connectivity index (χ1v) is 5.17. The maximum Gasteiger partial charge on any atom is 0.377 e. The SMILES string of the molecule is O=C(O)c1noc(-c2cccc3ncccc23)n1. The molecule has 1 N–H and O–H groups in total. The number of aromatic nitrogens is 3. The minimum atomic E-state index is -1.22. The summed E-state index contributed by atoms with van der Waals surface area (Å²) >= 11 is 0. The molecule has 0 unspecified atom stereocenters. The van der Waals surface area contributed by atoms with Crippen LogP contribution in [0.1, 0.15) is 10.6 Å². The molecule has 6 nitrogen and oxygen atoms in total. The summed E-state index contributed by atoms with van der Waals surface area (Å²) < 4.78 is 4.95. The van der Waals surface area contributed by atoms with Crippen LogP contribution in [0.3, 0.4) is 0 Å². The zero-order valence-corrected chi connectivity index (χ0v) is 9.07. The first-order chi connectivity index (χ1) is 8.75. The fraction of sp³-hybridized carbons (Fsp3) is 0. The lowest BCUT2D eigenvalue weighted by Crippen LogP contribution is -1.98. The number of fused-ring (bicyclic) bond motifs is 1. The van der Waals surface area contributed by atoms with Gasteiger partial charge in [-0.1, -0.05) is 12.1 Å². The molecule has 0 fully saturated rings. The molecule has 0 spiro atoms. The molecule has 1 aromatic carbocycles. The molecule has 0 radical (unpaired) electrons. The van der Waals surface area contributed by atoms with Crippen LogP contribution in [-0.2, 0) is 0 Å². The molecule has 88 valence electrons. The number of carboxylic acids is 1. The number of carbonyl (C=O) groups is 1. The standard InChI is InChI=1S/C12H7N3O3/c16-12(17)10-14-11(18-15-10)8-3-1-5-9-7(8)4-2-6-13-9/h1-6H,(H,16,17). The van der Waals surface area contributed by atoms with Crippen LogP contribution in [0.4, 0.5) is 0 Å². The van der Waals surface area contributed by atoms with Gasteiger partial charge in [-0.15, -0.1) is 0 Å². The van der Waals surface area contributed by atoms with Crippen LogP contribution in [0.2, 0.25) is 0 Å². The Morgan fingerprint density at radius 2 is 2.11 bits per heavy atom. The zero-order valence-electron chi connectivity index (χ0n) is 9.07. The van der Waals surface area contributed by atoms with Gasteiger partial charge >= 0.3 is 5.97 Å². The van der Waals surface area contributed by atoms with E-state index in [0.717, 1.165) is 10.9 Å². The van der Waals surface area contributed by atoms with E-state index in [2.05, 4.69) is 15.1 Å². The molecule has 0 bridgehead atoms. The summed E-state index contributed by atoms with van der Waals surface area (Å²) in [5.41, 5.74) is 1.45. The number of pyridine rings is 1. The minimum Gasteiger partial charge on any atom is -0.475 e. The molecule has 6 heteroatoms. The third kappa shape index (κ3) is 1.60. The van der Waals surface area contributed by atoms with Crippen molar-refractivity contribution in [2.24, 2.45) is 0 Å². The first kappa shape index (κ1) is 10.4. The average molecular weight is 241 g/mol. The van der Waals surface area contributed by atoms with Crippen molar-refractivity contribution in [3.05, 3.63) is 42.4 Å². The van der Waals surface area contributed by atoms with Crippen molar-refractivity contribution in [2.75, 3.05) is 0 Å². The Kier molecular flexibility index (Phi) is 2.26.